The summed E-state index contributed by atoms with van der Waals surface area (Å²) in [7, 11) is 1.47. The maximum atomic E-state index is 12.7. The normalized spacial score (nSPS) is 12.2. The molecule has 1 N–H and O–H groups in total. The van der Waals surface area contributed by atoms with E-state index in [2.05, 4.69) is 11.9 Å². The van der Waals surface area contributed by atoms with E-state index in [0.29, 0.717) is 22.8 Å². The zero-order valence-corrected chi connectivity index (χ0v) is 20.8. The first-order valence-electron chi connectivity index (χ1n) is 9.70. The number of benzene rings is 1. The molecule has 11 heteroatoms. The molecule has 1 rings (SSSR count). The first-order chi connectivity index (χ1) is 14.9. The fraction of sp³-hybridized carbons (Fsp3) is 0.524. The third-order valence-electron chi connectivity index (χ3n) is 3.51. The zero-order chi connectivity index (χ0) is 24.5. The first kappa shape index (κ1) is 28.0. The SMILES string of the molecule is C=CCOC(=O)[C@H](NC(=O)OCC(Cl)(Cl)Cl)c1cc(OC(C)C)c(OC)c(OC(C)C)c1. The molecular formula is C21H28Cl3NO7. The smallest absolute Gasteiger partial charge is 0.408 e. The minimum Gasteiger partial charge on any atom is -0.490 e. The minimum absolute atomic E-state index is 0.0684. The van der Waals surface area contributed by atoms with Crippen LogP contribution in [0.3, 0.4) is 0 Å². The number of methoxy groups -OCH3 is 1. The van der Waals surface area contributed by atoms with Gasteiger partial charge in [-0.1, -0.05) is 47.5 Å². The van der Waals surface area contributed by atoms with Crippen molar-refractivity contribution in [2.75, 3.05) is 20.3 Å². The fourth-order valence-corrected chi connectivity index (χ4v) is 2.62. The van der Waals surface area contributed by atoms with E-state index < -0.39 is 28.5 Å². The molecule has 1 amide bonds. The summed E-state index contributed by atoms with van der Waals surface area (Å²) in [6.07, 6.45) is -0.0192. The summed E-state index contributed by atoms with van der Waals surface area (Å²) in [5.74, 6) is 0.197. The Kier molecular flexibility index (Phi) is 11.3. The zero-order valence-electron chi connectivity index (χ0n) is 18.6. The lowest BCUT2D eigenvalue weighted by molar-refractivity contribution is -0.145. The third kappa shape index (κ3) is 9.63. The van der Waals surface area contributed by atoms with Crippen LogP contribution in [0.5, 0.6) is 17.2 Å². The van der Waals surface area contributed by atoms with Crippen molar-refractivity contribution >= 4 is 46.9 Å². The number of alkyl carbamates (subject to hydrolysis) is 1. The Morgan fingerprint density at radius 2 is 1.59 bits per heavy atom. The second-order valence-electron chi connectivity index (χ2n) is 7.07. The standard InChI is InChI=1S/C21H28Cl3NO7/c1-7-8-29-19(26)17(25-20(27)30-11-21(22,23)24)14-9-15(31-12(2)3)18(28-6)16(10-14)32-13(4)5/h7,9-10,12-13,17H,1,8,11H2,2-6H3,(H,25,27)/t17-/m1/s1. The Bertz CT molecular complexity index is 763. The number of carbonyl (C=O) groups excluding carboxylic acids is 2. The van der Waals surface area contributed by atoms with E-state index in [0.717, 1.165) is 0 Å². The highest BCUT2D eigenvalue weighted by Crippen LogP contribution is 2.41. The number of carbonyl (C=O) groups is 2. The number of hydrogen-bond donors (Lipinski definition) is 1. The highest BCUT2D eigenvalue weighted by molar-refractivity contribution is 6.67. The van der Waals surface area contributed by atoms with Crippen LogP contribution >= 0.6 is 34.8 Å². The average molecular weight is 513 g/mol. The number of ether oxygens (including phenoxy) is 5. The van der Waals surface area contributed by atoms with Crippen LogP contribution in [0.1, 0.15) is 39.3 Å². The molecule has 1 aromatic rings. The molecule has 32 heavy (non-hydrogen) atoms. The Labute approximate surface area is 203 Å². The Hall–Kier alpha value is -2.03. The van der Waals surface area contributed by atoms with Crippen molar-refractivity contribution in [1.29, 1.82) is 0 Å². The largest absolute Gasteiger partial charge is 0.490 e. The lowest BCUT2D eigenvalue weighted by Gasteiger charge is -2.23. The lowest BCUT2D eigenvalue weighted by atomic mass is 10.1. The van der Waals surface area contributed by atoms with Gasteiger partial charge in [-0.25, -0.2) is 9.59 Å². The number of alkyl halides is 3. The molecule has 0 aliphatic rings. The van der Waals surface area contributed by atoms with Crippen molar-refractivity contribution in [2.24, 2.45) is 0 Å². The monoisotopic (exact) mass is 511 g/mol. The second-order valence-corrected chi connectivity index (χ2v) is 9.59. The van der Waals surface area contributed by atoms with E-state index >= 15 is 0 Å². The van der Waals surface area contributed by atoms with Gasteiger partial charge in [0.1, 0.15) is 13.2 Å². The highest BCUT2D eigenvalue weighted by Gasteiger charge is 2.30. The third-order valence-corrected chi connectivity index (χ3v) is 3.84. The van der Waals surface area contributed by atoms with Crippen LogP contribution in [-0.2, 0) is 14.3 Å². The molecule has 0 aliphatic heterocycles. The van der Waals surface area contributed by atoms with E-state index in [1.165, 1.54) is 13.2 Å². The maximum absolute atomic E-state index is 12.7. The van der Waals surface area contributed by atoms with Crippen molar-refractivity contribution in [3.63, 3.8) is 0 Å². The molecule has 0 aliphatic carbocycles. The van der Waals surface area contributed by atoms with E-state index in [1.54, 1.807) is 12.1 Å². The summed E-state index contributed by atoms with van der Waals surface area (Å²) < 4.78 is 25.3. The van der Waals surface area contributed by atoms with Gasteiger partial charge < -0.3 is 29.0 Å². The molecule has 0 aromatic heterocycles. The number of esters is 1. The molecule has 1 aromatic carbocycles. The fourth-order valence-electron chi connectivity index (χ4n) is 2.46. The molecule has 0 fully saturated rings. The van der Waals surface area contributed by atoms with Gasteiger partial charge in [0.15, 0.2) is 17.5 Å². The van der Waals surface area contributed by atoms with Crippen LogP contribution in [0, 0.1) is 0 Å². The lowest BCUT2D eigenvalue weighted by Crippen LogP contribution is -2.36. The number of halogens is 3. The molecule has 0 spiro atoms. The summed E-state index contributed by atoms with van der Waals surface area (Å²) in [6.45, 7) is 10.2. The van der Waals surface area contributed by atoms with Crippen molar-refractivity contribution in [1.82, 2.24) is 5.32 Å². The maximum Gasteiger partial charge on any atom is 0.408 e. The van der Waals surface area contributed by atoms with Gasteiger partial charge in [0.2, 0.25) is 9.54 Å². The number of rotatable bonds is 11. The van der Waals surface area contributed by atoms with Gasteiger partial charge in [0.05, 0.1) is 19.3 Å². The van der Waals surface area contributed by atoms with Crippen LogP contribution in [0.2, 0.25) is 0 Å². The summed E-state index contributed by atoms with van der Waals surface area (Å²) in [6, 6.07) is 1.80. The van der Waals surface area contributed by atoms with Gasteiger partial charge in [-0.15, -0.1) is 0 Å². The Morgan fingerprint density at radius 3 is 2.00 bits per heavy atom. The molecule has 180 valence electrons. The highest BCUT2D eigenvalue weighted by atomic mass is 35.6. The summed E-state index contributed by atoms with van der Waals surface area (Å²) in [5, 5.41) is 2.42. The van der Waals surface area contributed by atoms with Crippen LogP contribution in [0.25, 0.3) is 0 Å². The summed E-state index contributed by atoms with van der Waals surface area (Å²) in [5.41, 5.74) is 0.303. The quantitative estimate of drug-likeness (QED) is 0.249. The van der Waals surface area contributed by atoms with Gasteiger partial charge in [-0.2, -0.15) is 0 Å². The molecule has 0 saturated heterocycles. The predicted octanol–water partition coefficient (Wildman–Crippen LogP) is 5.14. The van der Waals surface area contributed by atoms with Gasteiger partial charge >= 0.3 is 12.1 Å². The van der Waals surface area contributed by atoms with Gasteiger partial charge in [0.25, 0.3) is 0 Å². The molecule has 0 heterocycles. The van der Waals surface area contributed by atoms with Crippen LogP contribution in [0.15, 0.2) is 24.8 Å². The summed E-state index contributed by atoms with van der Waals surface area (Å²) in [4.78, 5) is 25.0. The molecule has 8 nitrogen and oxygen atoms in total. The predicted molar refractivity (Wildman–Crippen MR) is 123 cm³/mol. The number of nitrogens with one attached hydrogen (secondary N) is 1. The van der Waals surface area contributed by atoms with Crippen molar-refractivity contribution in [3.8, 4) is 17.2 Å². The van der Waals surface area contributed by atoms with Gasteiger partial charge in [0, 0.05) is 0 Å². The molecular weight excluding hydrogens is 485 g/mol. The van der Waals surface area contributed by atoms with Crippen molar-refractivity contribution in [3.05, 3.63) is 30.4 Å². The van der Waals surface area contributed by atoms with Gasteiger partial charge in [-0.3, -0.25) is 0 Å². The van der Waals surface area contributed by atoms with Gasteiger partial charge in [-0.05, 0) is 45.4 Å². The first-order valence-corrected chi connectivity index (χ1v) is 10.8. The van der Waals surface area contributed by atoms with E-state index in [9.17, 15) is 9.59 Å². The Morgan fingerprint density at radius 1 is 1.06 bits per heavy atom. The number of hydrogen-bond acceptors (Lipinski definition) is 7. The van der Waals surface area contributed by atoms with E-state index in [4.69, 9.17) is 58.5 Å². The molecule has 0 radical (unpaired) electrons. The van der Waals surface area contributed by atoms with E-state index in [1.807, 2.05) is 27.7 Å². The minimum atomic E-state index is -1.81. The molecule has 0 saturated carbocycles. The Balaban J connectivity index is 3.42. The van der Waals surface area contributed by atoms with Crippen LogP contribution in [0.4, 0.5) is 4.79 Å². The molecule has 0 bridgehead atoms. The van der Waals surface area contributed by atoms with Crippen molar-refractivity contribution in [2.45, 2.75) is 49.7 Å². The second kappa shape index (κ2) is 12.9. The van der Waals surface area contributed by atoms with Crippen LogP contribution in [-0.4, -0.2) is 48.4 Å². The molecule has 1 atom stereocenters. The summed E-state index contributed by atoms with van der Waals surface area (Å²) >= 11 is 16.8. The molecule has 0 unspecified atom stereocenters. The van der Waals surface area contributed by atoms with E-state index in [-0.39, 0.29) is 18.8 Å². The average Bonchev–Trinajstić information content (AvgIpc) is 2.67. The van der Waals surface area contributed by atoms with Crippen LogP contribution < -0.4 is 19.5 Å². The number of amides is 1. The topological polar surface area (TPSA) is 92.3 Å². The van der Waals surface area contributed by atoms with Crippen molar-refractivity contribution < 1.29 is 33.3 Å².